The first kappa shape index (κ1) is 13.7. The summed E-state index contributed by atoms with van der Waals surface area (Å²) >= 11 is 7.62. The number of pyridine rings is 1. The van der Waals surface area contributed by atoms with Gasteiger partial charge >= 0.3 is 0 Å². The van der Waals surface area contributed by atoms with Gasteiger partial charge < -0.3 is 4.98 Å². The molecule has 22 heavy (non-hydrogen) atoms. The molecule has 1 aromatic carbocycles. The second-order valence-electron chi connectivity index (χ2n) is 5.54. The highest BCUT2D eigenvalue weighted by atomic mass is 35.5. The Morgan fingerprint density at radius 2 is 2.05 bits per heavy atom. The average Bonchev–Trinajstić information content (AvgIpc) is 3.02. The van der Waals surface area contributed by atoms with E-state index in [-0.39, 0.29) is 17.1 Å². The van der Waals surface area contributed by atoms with Crippen molar-refractivity contribution in [2.75, 3.05) is 0 Å². The van der Waals surface area contributed by atoms with Gasteiger partial charge in [0.1, 0.15) is 0 Å². The van der Waals surface area contributed by atoms with Crippen molar-refractivity contribution in [3.63, 3.8) is 0 Å². The van der Waals surface area contributed by atoms with E-state index >= 15 is 0 Å². The summed E-state index contributed by atoms with van der Waals surface area (Å²) in [5, 5.41) is 2.99. The van der Waals surface area contributed by atoms with Crippen molar-refractivity contribution in [2.24, 2.45) is 0 Å². The second-order valence-corrected chi connectivity index (χ2v) is 6.96. The molecule has 2 aromatic heterocycles. The summed E-state index contributed by atoms with van der Waals surface area (Å²) in [4.78, 5) is 29.6. The van der Waals surface area contributed by atoms with Crippen LogP contribution in [0.5, 0.6) is 0 Å². The highest BCUT2D eigenvalue weighted by Crippen LogP contribution is 2.33. The number of nitrogens with one attached hydrogen (secondary N) is 1. The Morgan fingerprint density at radius 1 is 1.18 bits per heavy atom. The van der Waals surface area contributed by atoms with Crippen LogP contribution in [0.15, 0.2) is 40.5 Å². The van der Waals surface area contributed by atoms with Crippen LogP contribution in [0.4, 0.5) is 0 Å². The average molecular weight is 330 g/mol. The summed E-state index contributed by atoms with van der Waals surface area (Å²) in [6.45, 7) is 0. The van der Waals surface area contributed by atoms with Gasteiger partial charge in [0.15, 0.2) is 5.78 Å². The molecule has 3 nitrogen and oxygen atoms in total. The number of carbonyl (C=O) groups excluding carboxylic acids is 1. The second kappa shape index (κ2) is 5.07. The predicted molar refractivity (Wildman–Crippen MR) is 89.3 cm³/mol. The Bertz CT molecular complexity index is 943. The fourth-order valence-electron chi connectivity index (χ4n) is 3.13. The number of Topliss-reactive ketones (excluding diaryl/α,β-unsaturated/α-hetero) is 1. The zero-order valence-electron chi connectivity index (χ0n) is 11.6. The topological polar surface area (TPSA) is 49.9 Å². The minimum absolute atomic E-state index is 0.0808. The first-order valence-corrected chi connectivity index (χ1v) is 8.30. The van der Waals surface area contributed by atoms with E-state index in [1.165, 1.54) is 4.88 Å². The van der Waals surface area contributed by atoms with Gasteiger partial charge in [-0.15, -0.1) is 11.3 Å². The van der Waals surface area contributed by atoms with Crippen molar-refractivity contribution >= 4 is 39.6 Å². The fraction of sp³-hybridized carbons (Fsp3) is 0.176. The molecule has 0 spiro atoms. The van der Waals surface area contributed by atoms with Crippen LogP contribution in [-0.2, 0) is 6.42 Å². The molecule has 0 aliphatic heterocycles. The van der Waals surface area contributed by atoms with Crippen LogP contribution >= 0.6 is 22.9 Å². The van der Waals surface area contributed by atoms with E-state index in [2.05, 4.69) is 4.98 Å². The molecule has 0 saturated carbocycles. The maximum Gasteiger partial charge on any atom is 0.200 e. The Labute approximate surface area is 135 Å². The number of hydrogen-bond acceptors (Lipinski definition) is 3. The fourth-order valence-corrected chi connectivity index (χ4v) is 4.13. The zero-order chi connectivity index (χ0) is 15.3. The van der Waals surface area contributed by atoms with Crippen LogP contribution < -0.4 is 5.43 Å². The molecule has 1 unspecified atom stereocenters. The van der Waals surface area contributed by atoms with E-state index in [9.17, 15) is 9.59 Å². The van der Waals surface area contributed by atoms with E-state index in [4.69, 9.17) is 11.6 Å². The number of aromatic amines is 1. The van der Waals surface area contributed by atoms with Gasteiger partial charge in [0.2, 0.25) is 5.43 Å². The number of halogens is 1. The molecule has 5 heteroatoms. The van der Waals surface area contributed by atoms with Gasteiger partial charge in [0, 0.05) is 38.8 Å². The number of benzene rings is 1. The summed E-state index contributed by atoms with van der Waals surface area (Å²) in [5.41, 5.74) is 1.57. The molecule has 1 aliphatic carbocycles. The molecule has 0 amide bonds. The van der Waals surface area contributed by atoms with Crippen molar-refractivity contribution in [2.45, 2.75) is 18.8 Å². The largest absolute Gasteiger partial charge is 0.358 e. The van der Waals surface area contributed by atoms with Crippen LogP contribution in [0.25, 0.3) is 10.9 Å². The standard InChI is InChI=1S/C17H12ClNO2S/c18-10-3-4-12-11(8-10)17(21)16-13(19-12)6-9(7-14(16)20)15-2-1-5-22-15/h1-5,8-9H,6-7H2,(H,19,21). The lowest BCUT2D eigenvalue weighted by atomic mass is 9.84. The number of carbonyl (C=O) groups is 1. The van der Waals surface area contributed by atoms with Crippen molar-refractivity contribution < 1.29 is 4.79 Å². The van der Waals surface area contributed by atoms with E-state index in [0.29, 0.717) is 28.8 Å². The SMILES string of the molecule is O=C1CC(c2cccs2)Cc2[nH]c3ccc(Cl)cc3c(=O)c21. The van der Waals surface area contributed by atoms with Crippen molar-refractivity contribution in [1.82, 2.24) is 4.98 Å². The number of ketones is 1. The number of aromatic nitrogens is 1. The molecule has 110 valence electrons. The monoisotopic (exact) mass is 329 g/mol. The third-order valence-electron chi connectivity index (χ3n) is 4.15. The normalized spacial score (nSPS) is 17.7. The molecule has 1 aliphatic rings. The van der Waals surface area contributed by atoms with E-state index < -0.39 is 0 Å². The highest BCUT2D eigenvalue weighted by molar-refractivity contribution is 7.10. The van der Waals surface area contributed by atoms with Crippen LogP contribution in [0, 0.1) is 0 Å². The molecule has 1 N–H and O–H groups in total. The van der Waals surface area contributed by atoms with Gasteiger partial charge in [0.25, 0.3) is 0 Å². The van der Waals surface area contributed by atoms with Crippen LogP contribution in [-0.4, -0.2) is 10.8 Å². The maximum absolute atomic E-state index is 12.6. The molecule has 4 rings (SSSR count). The van der Waals surface area contributed by atoms with Gasteiger partial charge in [-0.3, -0.25) is 9.59 Å². The summed E-state index contributed by atoms with van der Waals surface area (Å²) in [6.07, 6.45) is 1.08. The van der Waals surface area contributed by atoms with Gasteiger partial charge in [-0.2, -0.15) is 0 Å². The maximum atomic E-state index is 12.6. The van der Waals surface area contributed by atoms with E-state index in [1.807, 2.05) is 17.5 Å². The first-order valence-electron chi connectivity index (χ1n) is 7.04. The quantitative estimate of drug-likeness (QED) is 0.729. The van der Waals surface area contributed by atoms with Gasteiger partial charge in [-0.25, -0.2) is 0 Å². The number of H-pyrrole nitrogens is 1. The summed E-state index contributed by atoms with van der Waals surface area (Å²) in [6, 6.07) is 9.19. The van der Waals surface area contributed by atoms with Gasteiger partial charge in [-0.05, 0) is 36.1 Å². The minimum Gasteiger partial charge on any atom is -0.358 e. The van der Waals surface area contributed by atoms with Crippen molar-refractivity contribution in [3.8, 4) is 0 Å². The van der Waals surface area contributed by atoms with Crippen molar-refractivity contribution in [1.29, 1.82) is 0 Å². The number of thiophene rings is 1. The highest BCUT2D eigenvalue weighted by Gasteiger charge is 2.30. The lowest BCUT2D eigenvalue weighted by molar-refractivity contribution is 0.0963. The van der Waals surface area contributed by atoms with Crippen LogP contribution in [0.1, 0.15) is 33.3 Å². The van der Waals surface area contributed by atoms with Gasteiger partial charge in [-0.1, -0.05) is 17.7 Å². The Hall–Kier alpha value is -1.91. The Kier molecular flexibility index (Phi) is 3.17. The van der Waals surface area contributed by atoms with Crippen molar-refractivity contribution in [3.05, 3.63) is 67.1 Å². The molecule has 2 heterocycles. The zero-order valence-corrected chi connectivity index (χ0v) is 13.1. The lowest BCUT2D eigenvalue weighted by Crippen LogP contribution is -2.27. The first-order chi connectivity index (χ1) is 10.6. The smallest absolute Gasteiger partial charge is 0.200 e. The van der Waals surface area contributed by atoms with Crippen LogP contribution in [0.2, 0.25) is 5.02 Å². The Balaban J connectivity index is 1.91. The lowest BCUT2D eigenvalue weighted by Gasteiger charge is -2.22. The molecule has 3 aromatic rings. The molecule has 0 saturated heterocycles. The van der Waals surface area contributed by atoms with Gasteiger partial charge in [0.05, 0.1) is 5.56 Å². The number of fused-ring (bicyclic) bond motifs is 2. The molecule has 0 bridgehead atoms. The minimum atomic E-state index is -0.208. The molecular formula is C17H12ClNO2S. The summed E-state index contributed by atoms with van der Waals surface area (Å²) in [7, 11) is 0. The van der Waals surface area contributed by atoms with E-state index in [1.54, 1.807) is 29.5 Å². The predicted octanol–water partition coefficient (Wildman–Crippen LogP) is 4.16. The van der Waals surface area contributed by atoms with E-state index in [0.717, 1.165) is 11.2 Å². The molecule has 0 fully saturated rings. The molecule has 1 atom stereocenters. The molecular weight excluding hydrogens is 318 g/mol. The Morgan fingerprint density at radius 3 is 2.82 bits per heavy atom. The van der Waals surface area contributed by atoms with Crippen LogP contribution in [0.3, 0.4) is 0 Å². The third kappa shape index (κ3) is 2.11. The number of rotatable bonds is 1. The summed E-state index contributed by atoms with van der Waals surface area (Å²) < 4.78 is 0. The number of hydrogen-bond donors (Lipinski definition) is 1. The third-order valence-corrected chi connectivity index (χ3v) is 5.42. The summed E-state index contributed by atoms with van der Waals surface area (Å²) in [5.74, 6) is 0.0724. The molecule has 0 radical (unpaired) electrons.